The van der Waals surface area contributed by atoms with Gasteiger partial charge in [0.2, 0.25) is 0 Å². The maximum atomic E-state index is 4.23. The first-order valence-corrected chi connectivity index (χ1v) is 12.7. The van der Waals surface area contributed by atoms with E-state index < -0.39 is 0 Å². The Morgan fingerprint density at radius 3 is 1.35 bits per heavy atom. The quantitative estimate of drug-likeness (QED) is 0.241. The molecular formula is C31H38N6. The zero-order valence-electron chi connectivity index (χ0n) is 23.3. The molecule has 0 fully saturated rings. The molecule has 6 heteroatoms. The lowest BCUT2D eigenvalue weighted by Gasteiger charge is -2.18. The number of nitrogens with zero attached hydrogens (tertiary/aromatic N) is 6. The fourth-order valence-electron chi connectivity index (χ4n) is 3.81. The molecule has 0 saturated heterocycles. The Kier molecular flexibility index (Phi) is 8.98. The fourth-order valence-corrected chi connectivity index (χ4v) is 3.81. The summed E-state index contributed by atoms with van der Waals surface area (Å²) >= 11 is 0. The lowest BCUT2D eigenvalue weighted by Crippen LogP contribution is -2.14. The molecule has 0 aliphatic heterocycles. The molecule has 0 atom stereocenters. The molecule has 0 radical (unpaired) electrons. The second kappa shape index (κ2) is 12.0. The second-order valence-electron chi connectivity index (χ2n) is 11.4. The van der Waals surface area contributed by atoms with Crippen LogP contribution < -0.4 is 0 Å². The highest BCUT2D eigenvalue weighted by molar-refractivity contribution is 5.85. The molecule has 0 saturated carbocycles. The SMILES string of the molecule is CC(C)(C)c1nncc2ccccc12.CC(C)(C)c1nncc2ccccc12.CC(C)c1ccnnc1. The first-order chi connectivity index (χ1) is 17.5. The van der Waals surface area contributed by atoms with E-state index in [2.05, 4.69) is 110 Å². The summed E-state index contributed by atoms with van der Waals surface area (Å²) in [6.45, 7) is 17.2. The van der Waals surface area contributed by atoms with Gasteiger partial charge in [-0.15, -0.1) is 0 Å². The molecule has 5 aromatic rings. The van der Waals surface area contributed by atoms with Crippen LogP contribution in [0.25, 0.3) is 21.5 Å². The van der Waals surface area contributed by atoms with Crippen LogP contribution in [0.4, 0.5) is 0 Å². The highest BCUT2D eigenvalue weighted by Crippen LogP contribution is 2.27. The number of hydrogen-bond acceptors (Lipinski definition) is 6. The molecule has 3 heterocycles. The minimum Gasteiger partial charge on any atom is -0.159 e. The Hall–Kier alpha value is -3.80. The van der Waals surface area contributed by atoms with Crippen molar-refractivity contribution in [2.24, 2.45) is 0 Å². The maximum Gasteiger partial charge on any atom is 0.0762 e. The Labute approximate surface area is 220 Å². The Balaban J connectivity index is 0.000000159. The van der Waals surface area contributed by atoms with E-state index in [1.807, 2.05) is 42.7 Å². The molecule has 0 bridgehead atoms. The van der Waals surface area contributed by atoms with Gasteiger partial charge in [-0.3, -0.25) is 0 Å². The zero-order valence-corrected chi connectivity index (χ0v) is 23.3. The second-order valence-corrected chi connectivity index (χ2v) is 11.4. The van der Waals surface area contributed by atoms with Crippen molar-refractivity contribution in [3.05, 3.63) is 96.3 Å². The number of hydrogen-bond donors (Lipinski definition) is 0. The average molecular weight is 495 g/mol. The molecule has 0 amide bonds. The van der Waals surface area contributed by atoms with E-state index in [0.717, 1.165) is 22.2 Å². The third-order valence-electron chi connectivity index (χ3n) is 5.84. The largest absolute Gasteiger partial charge is 0.159 e. The van der Waals surface area contributed by atoms with E-state index in [9.17, 15) is 0 Å². The highest BCUT2D eigenvalue weighted by Gasteiger charge is 2.19. The summed E-state index contributed by atoms with van der Waals surface area (Å²) in [6, 6.07) is 18.5. The third kappa shape index (κ3) is 7.59. The van der Waals surface area contributed by atoms with Crippen LogP contribution in [-0.4, -0.2) is 30.6 Å². The Morgan fingerprint density at radius 2 is 1.00 bits per heavy atom. The first-order valence-electron chi connectivity index (χ1n) is 12.7. The lowest BCUT2D eigenvalue weighted by atomic mass is 9.89. The predicted octanol–water partition coefficient (Wildman–Crippen LogP) is 7.45. The molecule has 192 valence electrons. The zero-order chi connectivity index (χ0) is 27.1. The van der Waals surface area contributed by atoms with Crippen LogP contribution in [0, 0.1) is 0 Å². The van der Waals surface area contributed by atoms with Crippen LogP contribution in [-0.2, 0) is 10.8 Å². The smallest absolute Gasteiger partial charge is 0.0762 e. The van der Waals surface area contributed by atoms with Crippen molar-refractivity contribution in [2.75, 3.05) is 0 Å². The van der Waals surface area contributed by atoms with Crippen molar-refractivity contribution in [3.8, 4) is 0 Å². The molecule has 0 N–H and O–H groups in total. The summed E-state index contributed by atoms with van der Waals surface area (Å²) in [5.74, 6) is 0.556. The molecule has 6 nitrogen and oxygen atoms in total. The Bertz CT molecular complexity index is 1320. The minimum atomic E-state index is 0.0495. The van der Waals surface area contributed by atoms with Crippen molar-refractivity contribution in [1.82, 2.24) is 30.6 Å². The van der Waals surface area contributed by atoms with Gasteiger partial charge in [0.05, 0.1) is 30.0 Å². The predicted molar refractivity (Wildman–Crippen MR) is 153 cm³/mol. The fraction of sp³-hybridized carbons (Fsp3) is 0.355. The van der Waals surface area contributed by atoms with Gasteiger partial charge in [-0.25, -0.2) is 0 Å². The highest BCUT2D eigenvalue weighted by atomic mass is 15.1. The van der Waals surface area contributed by atoms with Crippen molar-refractivity contribution < 1.29 is 0 Å². The van der Waals surface area contributed by atoms with Crippen LogP contribution in [0.1, 0.15) is 78.3 Å². The van der Waals surface area contributed by atoms with Gasteiger partial charge in [-0.1, -0.05) is 104 Å². The summed E-state index contributed by atoms with van der Waals surface area (Å²) in [6.07, 6.45) is 7.13. The van der Waals surface area contributed by atoms with E-state index in [1.165, 1.54) is 16.3 Å². The monoisotopic (exact) mass is 494 g/mol. The molecule has 5 rings (SSSR count). The van der Waals surface area contributed by atoms with E-state index in [-0.39, 0.29) is 10.8 Å². The average Bonchev–Trinajstić information content (AvgIpc) is 2.88. The molecule has 0 unspecified atom stereocenters. The third-order valence-corrected chi connectivity index (χ3v) is 5.84. The molecular weight excluding hydrogens is 456 g/mol. The van der Waals surface area contributed by atoms with Crippen molar-refractivity contribution >= 4 is 21.5 Å². The normalized spacial score (nSPS) is 11.5. The van der Waals surface area contributed by atoms with E-state index in [4.69, 9.17) is 0 Å². The van der Waals surface area contributed by atoms with Gasteiger partial charge >= 0.3 is 0 Å². The van der Waals surface area contributed by atoms with Gasteiger partial charge in [0.25, 0.3) is 0 Å². The van der Waals surface area contributed by atoms with Crippen molar-refractivity contribution in [1.29, 1.82) is 0 Å². The van der Waals surface area contributed by atoms with E-state index in [0.29, 0.717) is 5.92 Å². The van der Waals surface area contributed by atoms with Gasteiger partial charge in [-0.05, 0) is 17.5 Å². The van der Waals surface area contributed by atoms with Gasteiger partial charge in [-0.2, -0.15) is 30.6 Å². The number of rotatable bonds is 1. The summed E-state index contributed by atoms with van der Waals surface area (Å²) in [4.78, 5) is 0. The molecule has 0 aliphatic carbocycles. The van der Waals surface area contributed by atoms with Gasteiger partial charge < -0.3 is 0 Å². The van der Waals surface area contributed by atoms with Crippen LogP contribution in [0.2, 0.25) is 0 Å². The van der Waals surface area contributed by atoms with E-state index in [1.54, 1.807) is 12.4 Å². The summed E-state index contributed by atoms with van der Waals surface area (Å²) in [5.41, 5.74) is 3.47. The number of aromatic nitrogens is 6. The van der Waals surface area contributed by atoms with Crippen LogP contribution >= 0.6 is 0 Å². The van der Waals surface area contributed by atoms with Gasteiger partial charge in [0.1, 0.15) is 0 Å². The van der Waals surface area contributed by atoms with Gasteiger partial charge in [0.15, 0.2) is 0 Å². The molecule has 37 heavy (non-hydrogen) atoms. The van der Waals surface area contributed by atoms with Gasteiger partial charge in [0, 0.05) is 38.6 Å². The van der Waals surface area contributed by atoms with Crippen LogP contribution in [0.3, 0.4) is 0 Å². The summed E-state index contributed by atoms with van der Waals surface area (Å²) in [7, 11) is 0. The summed E-state index contributed by atoms with van der Waals surface area (Å²) in [5, 5.41) is 28.7. The molecule has 2 aromatic carbocycles. The van der Waals surface area contributed by atoms with Crippen LogP contribution in [0.5, 0.6) is 0 Å². The first kappa shape index (κ1) is 27.8. The minimum absolute atomic E-state index is 0.0495. The maximum absolute atomic E-state index is 4.23. The number of benzene rings is 2. The van der Waals surface area contributed by atoms with Crippen molar-refractivity contribution in [3.63, 3.8) is 0 Å². The number of fused-ring (bicyclic) bond motifs is 2. The topological polar surface area (TPSA) is 77.3 Å². The lowest BCUT2D eigenvalue weighted by molar-refractivity contribution is 0.565. The van der Waals surface area contributed by atoms with Crippen LogP contribution in [0.15, 0.2) is 79.4 Å². The van der Waals surface area contributed by atoms with E-state index >= 15 is 0 Å². The Morgan fingerprint density at radius 1 is 0.541 bits per heavy atom. The standard InChI is InChI=1S/2C12H14N2.C7H10N2/c2*1-12(2,3)11-10-7-5-4-6-9(10)8-13-14-11;1-6(2)7-3-4-8-9-5-7/h2*4-8H,1-3H3;3-6H,1-2H3. The molecule has 3 aromatic heterocycles. The summed E-state index contributed by atoms with van der Waals surface area (Å²) < 4.78 is 0. The van der Waals surface area contributed by atoms with Crippen molar-refractivity contribution in [2.45, 2.75) is 72.1 Å². The molecule has 0 aliphatic rings. The molecule has 0 spiro atoms.